The van der Waals surface area contributed by atoms with E-state index in [4.69, 9.17) is 9.47 Å². The molecule has 0 aliphatic heterocycles. The summed E-state index contributed by atoms with van der Waals surface area (Å²) in [4.78, 5) is 0. The van der Waals surface area contributed by atoms with Gasteiger partial charge in [0.05, 0.1) is 13.2 Å². The van der Waals surface area contributed by atoms with Crippen LogP contribution in [0.2, 0.25) is 0 Å². The van der Waals surface area contributed by atoms with E-state index in [-0.39, 0.29) is 0 Å². The van der Waals surface area contributed by atoms with Crippen LogP contribution >= 0.6 is 0 Å². The lowest BCUT2D eigenvalue weighted by Crippen LogP contribution is -2.06. The van der Waals surface area contributed by atoms with Gasteiger partial charge >= 0.3 is 0 Å². The van der Waals surface area contributed by atoms with E-state index in [0.717, 1.165) is 17.1 Å². The highest BCUT2D eigenvalue weighted by Gasteiger charge is 2.06. The van der Waals surface area contributed by atoms with Crippen LogP contribution < -0.4 is 9.47 Å². The first kappa shape index (κ1) is 12.6. The second kappa shape index (κ2) is 6.21. The molecule has 0 spiro atoms. The standard InChI is InChI=1S/C14H20O2/c1-5-12-7-8-13(16-10-11(3)4)14(9-12)15-6-2/h5,7-9,11H,1,6,10H2,2-4H3. The Labute approximate surface area is 97.9 Å². The minimum Gasteiger partial charge on any atom is -0.490 e. The predicted molar refractivity (Wildman–Crippen MR) is 68.0 cm³/mol. The summed E-state index contributed by atoms with van der Waals surface area (Å²) in [7, 11) is 0. The summed E-state index contributed by atoms with van der Waals surface area (Å²) >= 11 is 0. The predicted octanol–water partition coefficient (Wildman–Crippen LogP) is 3.76. The average molecular weight is 220 g/mol. The quantitative estimate of drug-likeness (QED) is 0.726. The normalized spacial score (nSPS) is 10.2. The van der Waals surface area contributed by atoms with Crippen molar-refractivity contribution in [3.05, 3.63) is 30.3 Å². The second-order valence-electron chi connectivity index (χ2n) is 4.05. The summed E-state index contributed by atoms with van der Waals surface area (Å²) in [5.41, 5.74) is 1.04. The Kier molecular flexibility index (Phi) is 4.90. The van der Waals surface area contributed by atoms with Crippen molar-refractivity contribution in [1.82, 2.24) is 0 Å². The number of hydrogen-bond acceptors (Lipinski definition) is 2. The molecule has 2 heteroatoms. The van der Waals surface area contributed by atoms with Crippen molar-refractivity contribution in [2.24, 2.45) is 5.92 Å². The summed E-state index contributed by atoms with van der Waals surface area (Å²) in [6.07, 6.45) is 1.80. The molecule has 1 aromatic carbocycles. The van der Waals surface area contributed by atoms with Gasteiger partial charge in [-0.3, -0.25) is 0 Å². The molecule has 1 rings (SSSR count). The third kappa shape index (κ3) is 3.61. The maximum atomic E-state index is 5.69. The molecule has 0 atom stereocenters. The van der Waals surface area contributed by atoms with Crippen LogP contribution in [0.5, 0.6) is 11.5 Å². The average Bonchev–Trinajstić information content (AvgIpc) is 2.27. The minimum atomic E-state index is 0.508. The van der Waals surface area contributed by atoms with Crippen molar-refractivity contribution in [2.75, 3.05) is 13.2 Å². The van der Waals surface area contributed by atoms with E-state index < -0.39 is 0 Å². The van der Waals surface area contributed by atoms with Crippen LogP contribution in [-0.2, 0) is 0 Å². The lowest BCUT2D eigenvalue weighted by molar-refractivity contribution is 0.248. The summed E-state index contributed by atoms with van der Waals surface area (Å²) in [5, 5.41) is 0. The van der Waals surface area contributed by atoms with Gasteiger partial charge in [-0.1, -0.05) is 32.6 Å². The lowest BCUT2D eigenvalue weighted by Gasteiger charge is -2.13. The minimum absolute atomic E-state index is 0.508. The highest BCUT2D eigenvalue weighted by atomic mass is 16.5. The second-order valence-corrected chi connectivity index (χ2v) is 4.05. The highest BCUT2D eigenvalue weighted by molar-refractivity contribution is 5.54. The van der Waals surface area contributed by atoms with Gasteiger partial charge in [-0.05, 0) is 30.5 Å². The zero-order valence-electron chi connectivity index (χ0n) is 10.3. The number of ether oxygens (including phenoxy) is 2. The molecule has 0 N–H and O–H groups in total. The molecule has 0 aliphatic carbocycles. The summed E-state index contributed by atoms with van der Waals surface area (Å²) in [5.74, 6) is 2.11. The monoisotopic (exact) mass is 220 g/mol. The maximum Gasteiger partial charge on any atom is 0.161 e. The Balaban J connectivity index is 2.84. The summed E-state index contributed by atoms with van der Waals surface area (Å²) < 4.78 is 11.2. The molecule has 2 nitrogen and oxygen atoms in total. The molecule has 0 fully saturated rings. The zero-order valence-corrected chi connectivity index (χ0v) is 10.3. The van der Waals surface area contributed by atoms with Gasteiger partial charge in [-0.2, -0.15) is 0 Å². The molecule has 0 aliphatic rings. The molecule has 1 aromatic rings. The van der Waals surface area contributed by atoms with Crippen molar-refractivity contribution < 1.29 is 9.47 Å². The Morgan fingerprint density at radius 3 is 2.56 bits per heavy atom. The van der Waals surface area contributed by atoms with E-state index in [2.05, 4.69) is 20.4 Å². The number of hydrogen-bond donors (Lipinski definition) is 0. The van der Waals surface area contributed by atoms with Crippen molar-refractivity contribution in [3.8, 4) is 11.5 Å². The molecule has 0 bridgehead atoms. The Morgan fingerprint density at radius 2 is 2.00 bits per heavy atom. The van der Waals surface area contributed by atoms with Crippen LogP contribution in [-0.4, -0.2) is 13.2 Å². The third-order valence-electron chi connectivity index (χ3n) is 2.08. The maximum absolute atomic E-state index is 5.69. The molecule has 16 heavy (non-hydrogen) atoms. The van der Waals surface area contributed by atoms with Crippen LogP contribution in [0.4, 0.5) is 0 Å². The first-order chi connectivity index (χ1) is 7.67. The van der Waals surface area contributed by atoms with E-state index in [1.807, 2.05) is 25.1 Å². The van der Waals surface area contributed by atoms with Gasteiger partial charge in [-0.15, -0.1) is 0 Å². The summed E-state index contributed by atoms with van der Waals surface area (Å²) in [6, 6.07) is 5.86. The van der Waals surface area contributed by atoms with Crippen LogP contribution in [0.25, 0.3) is 6.08 Å². The van der Waals surface area contributed by atoms with Crippen LogP contribution in [0, 0.1) is 5.92 Å². The Morgan fingerprint density at radius 1 is 1.25 bits per heavy atom. The SMILES string of the molecule is C=Cc1ccc(OCC(C)C)c(OCC)c1. The zero-order chi connectivity index (χ0) is 12.0. The Hall–Kier alpha value is -1.44. The van der Waals surface area contributed by atoms with Crippen molar-refractivity contribution in [2.45, 2.75) is 20.8 Å². The smallest absolute Gasteiger partial charge is 0.161 e. The Bertz CT molecular complexity index is 343. The van der Waals surface area contributed by atoms with Crippen molar-refractivity contribution in [3.63, 3.8) is 0 Å². The molecular formula is C14H20O2. The molecule has 0 saturated heterocycles. The van der Waals surface area contributed by atoms with E-state index in [9.17, 15) is 0 Å². The molecule has 0 aromatic heterocycles. The van der Waals surface area contributed by atoms with Crippen molar-refractivity contribution >= 4 is 6.08 Å². The van der Waals surface area contributed by atoms with E-state index >= 15 is 0 Å². The van der Waals surface area contributed by atoms with Crippen LogP contribution in [0.1, 0.15) is 26.3 Å². The van der Waals surface area contributed by atoms with Gasteiger partial charge in [0, 0.05) is 0 Å². The van der Waals surface area contributed by atoms with Crippen LogP contribution in [0.3, 0.4) is 0 Å². The molecular weight excluding hydrogens is 200 g/mol. The van der Waals surface area contributed by atoms with Crippen LogP contribution in [0.15, 0.2) is 24.8 Å². The molecule has 0 heterocycles. The third-order valence-corrected chi connectivity index (χ3v) is 2.08. The van der Waals surface area contributed by atoms with Gasteiger partial charge in [0.1, 0.15) is 0 Å². The molecule has 88 valence electrons. The summed E-state index contributed by atoms with van der Waals surface area (Å²) in [6.45, 7) is 11.3. The highest BCUT2D eigenvalue weighted by Crippen LogP contribution is 2.29. The van der Waals surface area contributed by atoms with Crippen molar-refractivity contribution in [1.29, 1.82) is 0 Å². The molecule has 0 unspecified atom stereocenters. The van der Waals surface area contributed by atoms with E-state index in [0.29, 0.717) is 19.1 Å². The van der Waals surface area contributed by atoms with Gasteiger partial charge < -0.3 is 9.47 Å². The van der Waals surface area contributed by atoms with Gasteiger partial charge in [0.25, 0.3) is 0 Å². The first-order valence-electron chi connectivity index (χ1n) is 5.69. The molecule has 0 amide bonds. The topological polar surface area (TPSA) is 18.5 Å². The van der Waals surface area contributed by atoms with Gasteiger partial charge in [-0.25, -0.2) is 0 Å². The lowest BCUT2D eigenvalue weighted by atomic mass is 10.2. The fourth-order valence-electron chi connectivity index (χ4n) is 1.30. The number of rotatable bonds is 6. The number of benzene rings is 1. The van der Waals surface area contributed by atoms with Gasteiger partial charge in [0.15, 0.2) is 11.5 Å². The largest absolute Gasteiger partial charge is 0.490 e. The first-order valence-corrected chi connectivity index (χ1v) is 5.69. The fourth-order valence-corrected chi connectivity index (χ4v) is 1.30. The fraction of sp³-hybridized carbons (Fsp3) is 0.429. The van der Waals surface area contributed by atoms with E-state index in [1.54, 1.807) is 6.08 Å². The van der Waals surface area contributed by atoms with E-state index in [1.165, 1.54) is 0 Å². The molecule has 0 radical (unpaired) electrons. The molecule has 0 saturated carbocycles. The van der Waals surface area contributed by atoms with Gasteiger partial charge in [0.2, 0.25) is 0 Å².